The lowest BCUT2D eigenvalue weighted by atomic mass is 10.4. The van der Waals surface area contributed by atoms with E-state index in [1.807, 2.05) is 0 Å². The van der Waals surface area contributed by atoms with E-state index in [1.165, 1.54) is 0 Å². The summed E-state index contributed by atoms with van der Waals surface area (Å²) in [7, 11) is -3.08. The third-order valence-corrected chi connectivity index (χ3v) is 4.81. The summed E-state index contributed by atoms with van der Waals surface area (Å²) in [6.07, 6.45) is 4.49. The van der Waals surface area contributed by atoms with Crippen LogP contribution in [0.4, 0.5) is 0 Å². The molecule has 0 atom stereocenters. The third kappa shape index (κ3) is 3.66. The van der Waals surface area contributed by atoms with E-state index in [4.69, 9.17) is 0 Å². The van der Waals surface area contributed by atoms with Crippen molar-refractivity contribution in [1.82, 2.24) is 0 Å². The van der Waals surface area contributed by atoms with Gasteiger partial charge in [-0.3, -0.25) is 0 Å². The number of rotatable bonds is 5. The number of ether oxygens (including phenoxy) is 1. The van der Waals surface area contributed by atoms with Crippen LogP contribution < -0.4 is 0 Å². The molecule has 15 heavy (non-hydrogen) atoms. The van der Waals surface area contributed by atoms with Crippen molar-refractivity contribution < 1.29 is 17.9 Å². The zero-order valence-corrected chi connectivity index (χ0v) is 9.46. The van der Waals surface area contributed by atoms with E-state index in [0.717, 1.165) is 31.8 Å². The van der Waals surface area contributed by atoms with E-state index in [-0.39, 0.29) is 17.6 Å². The van der Waals surface area contributed by atoms with Crippen molar-refractivity contribution in [3.63, 3.8) is 0 Å². The Balaban J connectivity index is 2.36. The molecular weight excluding hydrogens is 216 g/mol. The van der Waals surface area contributed by atoms with Gasteiger partial charge in [-0.15, -0.1) is 0 Å². The van der Waals surface area contributed by atoms with Crippen LogP contribution in [0.5, 0.6) is 0 Å². The summed E-state index contributed by atoms with van der Waals surface area (Å²) in [6, 6.07) is 0. The SMILES string of the molecule is C=CC(=O)OCCS(=O)(=O)C1CCCC1. The summed E-state index contributed by atoms with van der Waals surface area (Å²) in [5.41, 5.74) is 0. The topological polar surface area (TPSA) is 60.4 Å². The molecule has 0 saturated heterocycles. The van der Waals surface area contributed by atoms with E-state index in [9.17, 15) is 13.2 Å². The van der Waals surface area contributed by atoms with Crippen LogP contribution in [0.15, 0.2) is 12.7 Å². The maximum atomic E-state index is 11.7. The molecule has 0 amide bonds. The Hall–Kier alpha value is -0.840. The molecule has 1 rings (SSSR count). The molecule has 1 aliphatic rings. The molecule has 4 nitrogen and oxygen atoms in total. The van der Waals surface area contributed by atoms with Crippen LogP contribution in [0.1, 0.15) is 25.7 Å². The zero-order chi connectivity index (χ0) is 11.3. The number of sulfone groups is 1. The average molecular weight is 232 g/mol. The Kier molecular flexibility index (Phi) is 4.32. The third-order valence-electron chi connectivity index (χ3n) is 2.59. The quantitative estimate of drug-likeness (QED) is 0.525. The van der Waals surface area contributed by atoms with Gasteiger partial charge < -0.3 is 4.74 Å². The minimum Gasteiger partial charge on any atom is -0.461 e. The van der Waals surface area contributed by atoms with Gasteiger partial charge in [-0.05, 0) is 12.8 Å². The van der Waals surface area contributed by atoms with Gasteiger partial charge in [-0.25, -0.2) is 13.2 Å². The fourth-order valence-corrected chi connectivity index (χ4v) is 3.43. The normalized spacial score (nSPS) is 17.6. The molecule has 0 aliphatic heterocycles. The first-order valence-corrected chi connectivity index (χ1v) is 6.78. The largest absolute Gasteiger partial charge is 0.461 e. The van der Waals surface area contributed by atoms with Crippen molar-refractivity contribution in [2.75, 3.05) is 12.4 Å². The van der Waals surface area contributed by atoms with Crippen LogP contribution in [0, 0.1) is 0 Å². The lowest BCUT2D eigenvalue weighted by Gasteiger charge is -2.10. The smallest absolute Gasteiger partial charge is 0.330 e. The average Bonchev–Trinajstić information content (AvgIpc) is 2.70. The molecule has 0 heterocycles. The summed E-state index contributed by atoms with van der Waals surface area (Å²) >= 11 is 0. The van der Waals surface area contributed by atoms with Gasteiger partial charge in [-0.2, -0.15) is 0 Å². The van der Waals surface area contributed by atoms with Gasteiger partial charge in [0.05, 0.1) is 11.0 Å². The molecule has 1 aliphatic carbocycles. The van der Waals surface area contributed by atoms with Crippen molar-refractivity contribution in [3.8, 4) is 0 Å². The molecular formula is C10H16O4S. The van der Waals surface area contributed by atoms with E-state index < -0.39 is 15.8 Å². The van der Waals surface area contributed by atoms with E-state index >= 15 is 0 Å². The summed E-state index contributed by atoms with van der Waals surface area (Å²) in [4.78, 5) is 10.7. The summed E-state index contributed by atoms with van der Waals surface area (Å²) in [6.45, 7) is 3.16. The first-order chi connectivity index (χ1) is 7.06. The molecule has 0 N–H and O–H groups in total. The number of hydrogen-bond acceptors (Lipinski definition) is 4. The van der Waals surface area contributed by atoms with Gasteiger partial charge in [0.2, 0.25) is 0 Å². The van der Waals surface area contributed by atoms with Crippen molar-refractivity contribution in [2.24, 2.45) is 0 Å². The second kappa shape index (κ2) is 5.30. The summed E-state index contributed by atoms with van der Waals surface area (Å²) in [5.74, 6) is -0.645. The number of esters is 1. The lowest BCUT2D eigenvalue weighted by Crippen LogP contribution is -2.24. The van der Waals surface area contributed by atoms with Crippen LogP contribution in [0.25, 0.3) is 0 Å². The summed E-state index contributed by atoms with van der Waals surface area (Å²) < 4.78 is 28.0. The number of carbonyl (C=O) groups excluding carboxylic acids is 1. The Bertz CT molecular complexity index is 325. The molecule has 0 spiro atoms. The molecule has 0 aromatic carbocycles. The van der Waals surface area contributed by atoms with E-state index in [2.05, 4.69) is 11.3 Å². The number of hydrogen-bond donors (Lipinski definition) is 0. The van der Waals surface area contributed by atoms with Crippen LogP contribution in [0.2, 0.25) is 0 Å². The van der Waals surface area contributed by atoms with Gasteiger partial charge in [0.15, 0.2) is 9.84 Å². The monoisotopic (exact) mass is 232 g/mol. The van der Waals surface area contributed by atoms with Crippen molar-refractivity contribution in [2.45, 2.75) is 30.9 Å². The fourth-order valence-electron chi connectivity index (χ4n) is 1.73. The Morgan fingerprint density at radius 2 is 2.00 bits per heavy atom. The summed E-state index contributed by atoms with van der Waals surface area (Å²) in [5, 5.41) is -0.222. The number of carbonyl (C=O) groups is 1. The molecule has 0 aromatic rings. The van der Waals surface area contributed by atoms with Gasteiger partial charge >= 0.3 is 5.97 Å². The van der Waals surface area contributed by atoms with Crippen LogP contribution in [0.3, 0.4) is 0 Å². The van der Waals surface area contributed by atoms with E-state index in [1.54, 1.807) is 0 Å². The van der Waals surface area contributed by atoms with Gasteiger partial charge in [0.25, 0.3) is 0 Å². The first-order valence-electron chi connectivity index (χ1n) is 5.07. The van der Waals surface area contributed by atoms with Crippen molar-refractivity contribution >= 4 is 15.8 Å². The predicted octanol–water partition coefficient (Wildman–Crippen LogP) is 1.07. The molecule has 0 unspecified atom stereocenters. The molecule has 1 saturated carbocycles. The van der Waals surface area contributed by atoms with E-state index in [0.29, 0.717) is 0 Å². The van der Waals surface area contributed by atoms with Gasteiger partial charge in [0, 0.05) is 6.08 Å². The Morgan fingerprint density at radius 3 is 2.53 bits per heavy atom. The molecule has 1 fully saturated rings. The highest BCUT2D eigenvalue weighted by molar-refractivity contribution is 7.92. The van der Waals surface area contributed by atoms with Crippen LogP contribution >= 0.6 is 0 Å². The standard InChI is InChI=1S/C10H16O4S/c1-2-10(11)14-7-8-15(12,13)9-5-3-4-6-9/h2,9H,1,3-8H2. The highest BCUT2D eigenvalue weighted by Crippen LogP contribution is 2.24. The minimum atomic E-state index is -3.08. The molecule has 5 heteroatoms. The van der Waals surface area contributed by atoms with Crippen molar-refractivity contribution in [1.29, 1.82) is 0 Å². The zero-order valence-electron chi connectivity index (χ0n) is 8.65. The highest BCUT2D eigenvalue weighted by atomic mass is 32.2. The maximum absolute atomic E-state index is 11.7. The fraction of sp³-hybridized carbons (Fsp3) is 0.700. The first kappa shape index (κ1) is 12.2. The van der Waals surface area contributed by atoms with Crippen LogP contribution in [-0.2, 0) is 19.4 Å². The Morgan fingerprint density at radius 1 is 1.40 bits per heavy atom. The maximum Gasteiger partial charge on any atom is 0.330 e. The van der Waals surface area contributed by atoms with Crippen molar-refractivity contribution in [3.05, 3.63) is 12.7 Å². The Labute approximate surface area is 90.2 Å². The molecule has 0 radical (unpaired) electrons. The lowest BCUT2D eigenvalue weighted by molar-refractivity contribution is -0.137. The minimum absolute atomic E-state index is 0.0658. The van der Waals surface area contributed by atoms with Gasteiger partial charge in [0.1, 0.15) is 6.61 Å². The second-order valence-corrected chi connectivity index (χ2v) is 6.05. The molecule has 0 bridgehead atoms. The molecule has 0 aromatic heterocycles. The predicted molar refractivity (Wildman–Crippen MR) is 57.2 cm³/mol. The van der Waals surface area contributed by atoms with Crippen LogP contribution in [-0.4, -0.2) is 32.0 Å². The van der Waals surface area contributed by atoms with Gasteiger partial charge in [-0.1, -0.05) is 19.4 Å². The second-order valence-electron chi connectivity index (χ2n) is 3.65. The highest BCUT2D eigenvalue weighted by Gasteiger charge is 2.28. The molecule has 86 valence electrons.